The minimum atomic E-state index is -0.375. The molecule has 2 aromatic carbocycles. The van der Waals surface area contributed by atoms with Crippen LogP contribution in [0.3, 0.4) is 0 Å². The van der Waals surface area contributed by atoms with Crippen molar-refractivity contribution in [2.75, 3.05) is 11.4 Å². The molecule has 0 saturated carbocycles. The number of anilines is 2. The van der Waals surface area contributed by atoms with Crippen LogP contribution in [0.15, 0.2) is 60.7 Å². The SMILES string of the molecule is CCN(c1cccc(C)c1)c1ccc(-c2ccc([N+](=O)[O-])cc2)s1. The lowest BCUT2D eigenvalue weighted by molar-refractivity contribution is -0.384. The Balaban J connectivity index is 1.90. The summed E-state index contributed by atoms with van der Waals surface area (Å²) in [4.78, 5) is 13.8. The zero-order valence-electron chi connectivity index (χ0n) is 13.6. The standard InChI is InChI=1S/C19H18N2O2S/c1-3-20(17-6-4-5-14(2)13-17)19-12-11-18(24-19)15-7-9-16(10-8-15)21(22)23/h4-13H,3H2,1-2H3. The third-order valence-corrected chi connectivity index (χ3v) is 5.01. The molecule has 0 amide bonds. The van der Waals surface area contributed by atoms with Crippen LogP contribution in [0, 0.1) is 17.0 Å². The van der Waals surface area contributed by atoms with E-state index in [-0.39, 0.29) is 10.6 Å². The lowest BCUT2D eigenvalue weighted by Crippen LogP contribution is -2.14. The second-order valence-electron chi connectivity index (χ2n) is 5.53. The van der Waals surface area contributed by atoms with Gasteiger partial charge in [-0.15, -0.1) is 11.3 Å². The van der Waals surface area contributed by atoms with Crippen molar-refractivity contribution in [2.45, 2.75) is 13.8 Å². The molecule has 0 fully saturated rings. The van der Waals surface area contributed by atoms with Gasteiger partial charge in [-0.3, -0.25) is 10.1 Å². The number of hydrogen-bond donors (Lipinski definition) is 0. The Bertz CT molecular complexity index is 856. The molecule has 1 aromatic heterocycles. The van der Waals surface area contributed by atoms with E-state index in [0.717, 1.165) is 22.0 Å². The number of non-ortho nitro benzene ring substituents is 1. The van der Waals surface area contributed by atoms with Crippen LogP contribution in [0.5, 0.6) is 0 Å². The van der Waals surface area contributed by atoms with Gasteiger partial charge < -0.3 is 4.90 Å². The molecule has 122 valence electrons. The average molecular weight is 338 g/mol. The maximum absolute atomic E-state index is 10.8. The smallest absolute Gasteiger partial charge is 0.269 e. The van der Waals surface area contributed by atoms with Gasteiger partial charge in [-0.05, 0) is 61.4 Å². The van der Waals surface area contributed by atoms with Gasteiger partial charge in [-0.1, -0.05) is 12.1 Å². The van der Waals surface area contributed by atoms with Crippen LogP contribution in [0.2, 0.25) is 0 Å². The molecule has 0 unspecified atom stereocenters. The van der Waals surface area contributed by atoms with Crippen LogP contribution in [0.1, 0.15) is 12.5 Å². The summed E-state index contributed by atoms with van der Waals surface area (Å²) in [6.45, 7) is 5.10. The molecule has 3 aromatic rings. The summed E-state index contributed by atoms with van der Waals surface area (Å²) in [5.41, 5.74) is 3.52. The number of aryl methyl sites for hydroxylation is 1. The molecule has 0 atom stereocenters. The van der Waals surface area contributed by atoms with Gasteiger partial charge in [0.15, 0.2) is 0 Å². The third-order valence-electron chi connectivity index (χ3n) is 3.85. The van der Waals surface area contributed by atoms with Gasteiger partial charge in [-0.25, -0.2) is 0 Å². The summed E-state index contributed by atoms with van der Waals surface area (Å²) >= 11 is 1.69. The predicted molar refractivity (Wildman–Crippen MR) is 100 cm³/mol. The Morgan fingerprint density at radius 2 is 1.83 bits per heavy atom. The van der Waals surface area contributed by atoms with E-state index >= 15 is 0 Å². The molecular formula is C19H18N2O2S. The molecular weight excluding hydrogens is 320 g/mol. The van der Waals surface area contributed by atoms with Crippen LogP contribution in [0.25, 0.3) is 10.4 Å². The van der Waals surface area contributed by atoms with Crippen LogP contribution < -0.4 is 4.90 Å². The number of nitrogens with zero attached hydrogens (tertiary/aromatic N) is 2. The number of rotatable bonds is 5. The van der Waals surface area contributed by atoms with Gasteiger partial charge >= 0.3 is 0 Å². The Morgan fingerprint density at radius 1 is 1.08 bits per heavy atom. The quantitative estimate of drug-likeness (QED) is 0.437. The van der Waals surface area contributed by atoms with E-state index in [9.17, 15) is 10.1 Å². The molecule has 0 aliphatic carbocycles. The first kappa shape index (κ1) is 16.2. The molecule has 0 bridgehead atoms. The monoisotopic (exact) mass is 338 g/mol. The van der Waals surface area contributed by atoms with Crippen LogP contribution in [-0.4, -0.2) is 11.5 Å². The molecule has 0 saturated heterocycles. The molecule has 24 heavy (non-hydrogen) atoms. The molecule has 5 heteroatoms. The number of thiophene rings is 1. The lowest BCUT2D eigenvalue weighted by atomic mass is 10.2. The highest BCUT2D eigenvalue weighted by Gasteiger charge is 2.12. The molecule has 4 nitrogen and oxygen atoms in total. The summed E-state index contributed by atoms with van der Waals surface area (Å²) in [6, 6.07) is 19.3. The van der Waals surface area contributed by atoms with Gasteiger partial charge in [0.1, 0.15) is 0 Å². The molecule has 3 rings (SSSR count). The highest BCUT2D eigenvalue weighted by molar-refractivity contribution is 7.19. The molecule has 0 spiro atoms. The van der Waals surface area contributed by atoms with E-state index in [2.05, 4.69) is 55.1 Å². The van der Waals surface area contributed by atoms with Gasteiger partial charge in [0.2, 0.25) is 0 Å². The Hall–Kier alpha value is -2.66. The average Bonchev–Trinajstić information content (AvgIpc) is 3.05. The van der Waals surface area contributed by atoms with E-state index in [0.29, 0.717) is 0 Å². The van der Waals surface area contributed by atoms with E-state index < -0.39 is 0 Å². The summed E-state index contributed by atoms with van der Waals surface area (Å²) in [6.07, 6.45) is 0. The fraction of sp³-hybridized carbons (Fsp3) is 0.158. The first-order valence-corrected chi connectivity index (χ1v) is 8.59. The van der Waals surface area contributed by atoms with Crippen molar-refractivity contribution in [3.05, 3.63) is 76.3 Å². The van der Waals surface area contributed by atoms with E-state index in [1.165, 1.54) is 11.3 Å². The summed E-state index contributed by atoms with van der Waals surface area (Å²) < 4.78 is 0. The molecule has 0 N–H and O–H groups in total. The van der Waals surface area contributed by atoms with Crippen molar-refractivity contribution < 1.29 is 4.92 Å². The number of nitro groups is 1. The summed E-state index contributed by atoms with van der Waals surface area (Å²) in [5.74, 6) is 0. The van der Waals surface area contributed by atoms with Gasteiger partial charge in [-0.2, -0.15) is 0 Å². The Kier molecular flexibility index (Phi) is 4.62. The first-order valence-electron chi connectivity index (χ1n) is 7.77. The van der Waals surface area contributed by atoms with Crippen LogP contribution >= 0.6 is 11.3 Å². The fourth-order valence-electron chi connectivity index (χ4n) is 2.64. The maximum atomic E-state index is 10.8. The highest BCUT2D eigenvalue weighted by Crippen LogP contribution is 2.37. The second kappa shape index (κ2) is 6.84. The third kappa shape index (κ3) is 3.31. The predicted octanol–water partition coefficient (Wildman–Crippen LogP) is 5.79. The van der Waals surface area contributed by atoms with Crippen molar-refractivity contribution >= 4 is 27.7 Å². The molecule has 1 heterocycles. The number of nitro benzene ring substituents is 1. The maximum Gasteiger partial charge on any atom is 0.269 e. The Labute approximate surface area is 145 Å². The summed E-state index contributed by atoms with van der Waals surface area (Å²) in [7, 11) is 0. The topological polar surface area (TPSA) is 46.4 Å². The van der Waals surface area contributed by atoms with E-state index in [1.54, 1.807) is 35.6 Å². The first-order chi connectivity index (χ1) is 11.6. The molecule has 0 aliphatic heterocycles. The van der Waals surface area contributed by atoms with Crippen molar-refractivity contribution in [3.63, 3.8) is 0 Å². The van der Waals surface area contributed by atoms with Crippen LogP contribution in [0.4, 0.5) is 16.4 Å². The minimum absolute atomic E-state index is 0.116. The number of hydrogen-bond acceptors (Lipinski definition) is 4. The normalized spacial score (nSPS) is 10.6. The second-order valence-corrected chi connectivity index (χ2v) is 6.59. The fourth-order valence-corrected chi connectivity index (χ4v) is 3.73. The van der Waals surface area contributed by atoms with Crippen molar-refractivity contribution in [2.24, 2.45) is 0 Å². The van der Waals surface area contributed by atoms with Crippen molar-refractivity contribution in [1.82, 2.24) is 0 Å². The zero-order valence-corrected chi connectivity index (χ0v) is 14.4. The highest BCUT2D eigenvalue weighted by atomic mass is 32.1. The van der Waals surface area contributed by atoms with Crippen molar-refractivity contribution in [3.8, 4) is 10.4 Å². The largest absolute Gasteiger partial charge is 0.334 e. The van der Waals surface area contributed by atoms with Crippen molar-refractivity contribution in [1.29, 1.82) is 0 Å². The van der Waals surface area contributed by atoms with E-state index in [4.69, 9.17) is 0 Å². The minimum Gasteiger partial charge on any atom is -0.334 e. The van der Waals surface area contributed by atoms with E-state index in [1.807, 2.05) is 0 Å². The molecule has 0 aliphatic rings. The van der Waals surface area contributed by atoms with Gasteiger partial charge in [0.25, 0.3) is 5.69 Å². The van der Waals surface area contributed by atoms with Gasteiger partial charge in [0.05, 0.1) is 9.92 Å². The zero-order chi connectivity index (χ0) is 17.1. The summed E-state index contributed by atoms with van der Waals surface area (Å²) in [5, 5.41) is 11.9. The van der Waals surface area contributed by atoms with Gasteiger partial charge in [0, 0.05) is 29.2 Å². The van der Waals surface area contributed by atoms with Crippen LogP contribution in [-0.2, 0) is 0 Å². The molecule has 0 radical (unpaired) electrons. The Morgan fingerprint density at radius 3 is 2.46 bits per heavy atom. The lowest BCUT2D eigenvalue weighted by Gasteiger charge is -2.21. The number of benzene rings is 2.